The maximum atomic E-state index is 2.41. The highest BCUT2D eigenvalue weighted by molar-refractivity contribution is 14.1. The van der Waals surface area contributed by atoms with Crippen LogP contribution in [0.4, 0.5) is 0 Å². The quantitative estimate of drug-likeness (QED) is 0.716. The highest BCUT2D eigenvalue weighted by atomic mass is 127. The van der Waals surface area contributed by atoms with E-state index in [1.807, 2.05) is 0 Å². The molecule has 2 aromatic carbocycles. The molecule has 0 amide bonds. The van der Waals surface area contributed by atoms with Crippen molar-refractivity contribution in [1.29, 1.82) is 0 Å². The molecule has 15 heavy (non-hydrogen) atoms. The van der Waals surface area contributed by atoms with E-state index in [1.165, 1.54) is 20.3 Å². The molecule has 0 aliphatic rings. The van der Waals surface area contributed by atoms with Gasteiger partial charge in [0.15, 0.2) is 0 Å². The predicted octanol–water partition coefficient (Wildman–Crippen LogP) is 4.52. The minimum absolute atomic E-state index is 1.10. The van der Waals surface area contributed by atoms with Crippen LogP contribution in [0.25, 0.3) is 11.1 Å². The molecular formula is C14H13I. The third-order valence-electron chi connectivity index (χ3n) is 2.54. The van der Waals surface area contributed by atoms with E-state index in [-0.39, 0.29) is 0 Å². The molecule has 0 aliphatic carbocycles. The van der Waals surface area contributed by atoms with E-state index in [9.17, 15) is 0 Å². The van der Waals surface area contributed by atoms with E-state index in [0.29, 0.717) is 0 Å². The molecule has 0 fully saturated rings. The molecule has 0 heterocycles. The van der Waals surface area contributed by atoms with Gasteiger partial charge in [-0.15, -0.1) is 0 Å². The maximum Gasteiger partial charge on any atom is 0.0168 e. The molecule has 0 unspecified atom stereocenters. The molecule has 0 aliphatic heterocycles. The number of hydrogen-bond donors (Lipinski definition) is 0. The van der Waals surface area contributed by atoms with Crippen molar-refractivity contribution in [2.75, 3.05) is 0 Å². The fourth-order valence-electron chi connectivity index (χ4n) is 1.64. The summed E-state index contributed by atoms with van der Waals surface area (Å²) >= 11 is 2.41. The van der Waals surface area contributed by atoms with Crippen LogP contribution in [-0.4, -0.2) is 0 Å². The minimum Gasteiger partial charge on any atom is -0.0622 e. The zero-order chi connectivity index (χ0) is 10.7. The molecule has 0 spiro atoms. The van der Waals surface area contributed by atoms with E-state index in [4.69, 9.17) is 0 Å². The molecule has 0 saturated carbocycles. The Bertz CT molecular complexity index is 446. The van der Waals surface area contributed by atoms with E-state index in [0.717, 1.165) is 6.42 Å². The van der Waals surface area contributed by atoms with Crippen LogP contribution in [0.3, 0.4) is 0 Å². The lowest BCUT2D eigenvalue weighted by Gasteiger charge is -2.05. The molecule has 0 aromatic heterocycles. The van der Waals surface area contributed by atoms with Crippen molar-refractivity contribution >= 4 is 22.6 Å². The van der Waals surface area contributed by atoms with Gasteiger partial charge in [-0.05, 0) is 51.8 Å². The molecule has 0 N–H and O–H groups in total. The summed E-state index contributed by atoms with van der Waals surface area (Å²) in [4.78, 5) is 0. The van der Waals surface area contributed by atoms with Crippen LogP contribution >= 0.6 is 22.6 Å². The van der Waals surface area contributed by atoms with Crippen molar-refractivity contribution in [3.05, 3.63) is 57.7 Å². The third-order valence-corrected chi connectivity index (χ3v) is 3.55. The average molecular weight is 308 g/mol. The van der Waals surface area contributed by atoms with Gasteiger partial charge >= 0.3 is 0 Å². The lowest BCUT2D eigenvalue weighted by atomic mass is 10.0. The summed E-state index contributed by atoms with van der Waals surface area (Å²) in [6.07, 6.45) is 1.10. The van der Waals surface area contributed by atoms with Gasteiger partial charge in [0.1, 0.15) is 0 Å². The zero-order valence-corrected chi connectivity index (χ0v) is 10.9. The minimum atomic E-state index is 1.10. The summed E-state index contributed by atoms with van der Waals surface area (Å²) in [6.45, 7) is 2.19. The van der Waals surface area contributed by atoms with Crippen LogP contribution in [0.2, 0.25) is 0 Å². The van der Waals surface area contributed by atoms with Crippen molar-refractivity contribution < 1.29 is 0 Å². The molecule has 76 valence electrons. The van der Waals surface area contributed by atoms with Crippen molar-refractivity contribution in [2.24, 2.45) is 0 Å². The Balaban J connectivity index is 2.43. The van der Waals surface area contributed by atoms with Gasteiger partial charge in [0.05, 0.1) is 0 Å². The molecule has 2 aromatic rings. The summed E-state index contributed by atoms with van der Waals surface area (Å²) in [5.41, 5.74) is 4.02. The summed E-state index contributed by atoms with van der Waals surface area (Å²) in [5.74, 6) is 0. The standard InChI is InChI=1S/C14H13I/c1-2-11-8-9-13(10-14(11)15)12-6-4-3-5-7-12/h3-10H,2H2,1H3. The van der Waals surface area contributed by atoms with Gasteiger partial charge < -0.3 is 0 Å². The number of benzene rings is 2. The first-order valence-electron chi connectivity index (χ1n) is 5.15. The molecule has 0 radical (unpaired) electrons. The average Bonchev–Trinajstić information content (AvgIpc) is 2.30. The first-order chi connectivity index (χ1) is 7.31. The van der Waals surface area contributed by atoms with E-state index < -0.39 is 0 Å². The molecule has 1 heteroatoms. The van der Waals surface area contributed by atoms with Crippen molar-refractivity contribution in [1.82, 2.24) is 0 Å². The number of aryl methyl sites for hydroxylation is 1. The second-order valence-electron chi connectivity index (χ2n) is 3.53. The van der Waals surface area contributed by atoms with E-state index >= 15 is 0 Å². The molecule has 2 rings (SSSR count). The Morgan fingerprint density at radius 2 is 1.67 bits per heavy atom. The Labute approximate surface area is 104 Å². The van der Waals surface area contributed by atoms with Gasteiger partial charge in [-0.3, -0.25) is 0 Å². The first kappa shape index (κ1) is 10.7. The zero-order valence-electron chi connectivity index (χ0n) is 8.70. The highest BCUT2D eigenvalue weighted by Crippen LogP contribution is 2.23. The molecule has 0 saturated heterocycles. The second kappa shape index (κ2) is 4.79. The Hall–Kier alpha value is -0.830. The van der Waals surface area contributed by atoms with Crippen LogP contribution in [0, 0.1) is 3.57 Å². The molecule has 0 bridgehead atoms. The van der Waals surface area contributed by atoms with Gasteiger partial charge in [-0.2, -0.15) is 0 Å². The predicted molar refractivity (Wildman–Crippen MR) is 74.0 cm³/mol. The van der Waals surface area contributed by atoms with Crippen LogP contribution < -0.4 is 0 Å². The van der Waals surface area contributed by atoms with Crippen molar-refractivity contribution in [2.45, 2.75) is 13.3 Å². The van der Waals surface area contributed by atoms with Gasteiger partial charge in [0, 0.05) is 3.57 Å². The van der Waals surface area contributed by atoms with Gasteiger partial charge in [-0.25, -0.2) is 0 Å². The normalized spacial score (nSPS) is 10.3. The largest absolute Gasteiger partial charge is 0.0622 e. The SMILES string of the molecule is CCc1ccc(-c2ccccc2)cc1I. The second-order valence-corrected chi connectivity index (χ2v) is 4.69. The van der Waals surface area contributed by atoms with E-state index in [1.54, 1.807) is 0 Å². The lowest BCUT2D eigenvalue weighted by Crippen LogP contribution is -1.86. The molecule has 0 nitrogen and oxygen atoms in total. The van der Waals surface area contributed by atoms with Gasteiger partial charge in [0.25, 0.3) is 0 Å². The fourth-order valence-corrected chi connectivity index (χ4v) is 2.54. The number of hydrogen-bond acceptors (Lipinski definition) is 0. The van der Waals surface area contributed by atoms with Crippen LogP contribution in [0.1, 0.15) is 12.5 Å². The van der Waals surface area contributed by atoms with Crippen LogP contribution in [0.15, 0.2) is 48.5 Å². The Morgan fingerprint density at radius 3 is 2.27 bits per heavy atom. The van der Waals surface area contributed by atoms with E-state index in [2.05, 4.69) is 78.0 Å². The first-order valence-corrected chi connectivity index (χ1v) is 6.23. The summed E-state index contributed by atoms with van der Waals surface area (Å²) in [7, 11) is 0. The summed E-state index contributed by atoms with van der Waals surface area (Å²) < 4.78 is 1.36. The lowest BCUT2D eigenvalue weighted by molar-refractivity contribution is 1.13. The maximum absolute atomic E-state index is 2.41. The Morgan fingerprint density at radius 1 is 0.933 bits per heavy atom. The fraction of sp³-hybridized carbons (Fsp3) is 0.143. The molecule has 0 atom stereocenters. The summed E-state index contributed by atoms with van der Waals surface area (Å²) in [6, 6.07) is 17.2. The van der Waals surface area contributed by atoms with Gasteiger partial charge in [0.2, 0.25) is 0 Å². The monoisotopic (exact) mass is 308 g/mol. The van der Waals surface area contributed by atoms with Crippen molar-refractivity contribution in [3.63, 3.8) is 0 Å². The number of halogens is 1. The highest BCUT2D eigenvalue weighted by Gasteiger charge is 2.00. The summed E-state index contributed by atoms with van der Waals surface area (Å²) in [5, 5.41) is 0. The van der Waals surface area contributed by atoms with Gasteiger partial charge in [-0.1, -0.05) is 49.4 Å². The smallest absolute Gasteiger partial charge is 0.0168 e. The third kappa shape index (κ3) is 2.40. The Kier molecular flexibility index (Phi) is 3.41. The van der Waals surface area contributed by atoms with Crippen LogP contribution in [0.5, 0.6) is 0 Å². The van der Waals surface area contributed by atoms with Crippen LogP contribution in [-0.2, 0) is 6.42 Å². The number of rotatable bonds is 2. The molecular weight excluding hydrogens is 295 g/mol. The van der Waals surface area contributed by atoms with Crippen molar-refractivity contribution in [3.8, 4) is 11.1 Å². The topological polar surface area (TPSA) is 0 Å².